The van der Waals surface area contributed by atoms with Crippen molar-refractivity contribution in [2.24, 2.45) is 11.8 Å². The highest BCUT2D eigenvalue weighted by Gasteiger charge is 2.30. The highest BCUT2D eigenvalue weighted by molar-refractivity contribution is 5.80. The SMILES string of the molecule is COc1ccc(CCNC(=O)C2CCCC(C(=O)O)C2)cc1OC(F)F. The molecule has 6 nitrogen and oxygen atoms in total. The van der Waals surface area contributed by atoms with E-state index in [-0.39, 0.29) is 23.3 Å². The minimum atomic E-state index is -2.95. The molecule has 1 amide bonds. The van der Waals surface area contributed by atoms with Gasteiger partial charge in [-0.05, 0) is 43.4 Å². The number of halogens is 2. The number of alkyl halides is 2. The van der Waals surface area contributed by atoms with E-state index in [1.807, 2.05) is 0 Å². The molecule has 0 bridgehead atoms. The summed E-state index contributed by atoms with van der Waals surface area (Å²) in [6, 6.07) is 4.70. The molecule has 1 aromatic rings. The van der Waals surface area contributed by atoms with Crippen molar-refractivity contribution in [2.45, 2.75) is 38.7 Å². The normalized spacial score (nSPS) is 19.8. The van der Waals surface area contributed by atoms with E-state index in [1.54, 1.807) is 6.07 Å². The Morgan fingerprint density at radius 1 is 1.27 bits per heavy atom. The maximum Gasteiger partial charge on any atom is 0.387 e. The van der Waals surface area contributed by atoms with Crippen LogP contribution in [0.25, 0.3) is 0 Å². The number of carbonyl (C=O) groups is 2. The number of carboxylic acid groups (broad SMARTS) is 1. The second kappa shape index (κ2) is 9.35. The van der Waals surface area contributed by atoms with E-state index in [4.69, 9.17) is 9.84 Å². The van der Waals surface area contributed by atoms with Gasteiger partial charge < -0.3 is 19.9 Å². The Kier molecular flexibility index (Phi) is 7.17. The fourth-order valence-electron chi connectivity index (χ4n) is 3.19. The van der Waals surface area contributed by atoms with Gasteiger partial charge in [-0.25, -0.2) is 0 Å². The second-order valence-corrected chi connectivity index (χ2v) is 6.30. The van der Waals surface area contributed by atoms with Gasteiger partial charge in [-0.15, -0.1) is 0 Å². The Morgan fingerprint density at radius 3 is 2.65 bits per heavy atom. The Balaban J connectivity index is 1.87. The molecule has 1 fully saturated rings. The molecule has 0 heterocycles. The Hall–Kier alpha value is -2.38. The highest BCUT2D eigenvalue weighted by atomic mass is 19.3. The Morgan fingerprint density at radius 2 is 2.00 bits per heavy atom. The van der Waals surface area contributed by atoms with E-state index in [1.165, 1.54) is 19.2 Å². The number of methoxy groups -OCH3 is 1. The molecule has 8 heteroatoms. The van der Waals surface area contributed by atoms with Gasteiger partial charge in [0, 0.05) is 12.5 Å². The van der Waals surface area contributed by atoms with Crippen molar-refractivity contribution >= 4 is 11.9 Å². The lowest BCUT2D eigenvalue weighted by molar-refractivity contribution is -0.144. The summed E-state index contributed by atoms with van der Waals surface area (Å²) in [6.07, 6.45) is 2.81. The summed E-state index contributed by atoms with van der Waals surface area (Å²) in [5, 5.41) is 11.9. The Bertz CT molecular complexity index is 638. The van der Waals surface area contributed by atoms with E-state index in [2.05, 4.69) is 10.1 Å². The lowest BCUT2D eigenvalue weighted by atomic mass is 9.81. The zero-order valence-electron chi connectivity index (χ0n) is 14.5. The van der Waals surface area contributed by atoms with Gasteiger partial charge in [-0.3, -0.25) is 9.59 Å². The first kappa shape index (κ1) is 19.9. The number of hydrogen-bond acceptors (Lipinski definition) is 4. The van der Waals surface area contributed by atoms with Crippen LogP contribution in [0, 0.1) is 11.8 Å². The minimum absolute atomic E-state index is 0.0529. The van der Waals surface area contributed by atoms with Gasteiger partial charge in [-0.1, -0.05) is 12.5 Å². The number of benzene rings is 1. The molecule has 2 atom stereocenters. The van der Waals surface area contributed by atoms with Crippen LogP contribution in [0.1, 0.15) is 31.2 Å². The van der Waals surface area contributed by atoms with E-state index < -0.39 is 18.5 Å². The number of ether oxygens (including phenoxy) is 2. The van der Waals surface area contributed by atoms with Crippen molar-refractivity contribution in [2.75, 3.05) is 13.7 Å². The lowest BCUT2D eigenvalue weighted by Crippen LogP contribution is -2.36. The van der Waals surface area contributed by atoms with Gasteiger partial charge >= 0.3 is 12.6 Å². The van der Waals surface area contributed by atoms with Crippen LogP contribution in [0.3, 0.4) is 0 Å². The number of nitrogens with one attached hydrogen (secondary N) is 1. The fourth-order valence-corrected chi connectivity index (χ4v) is 3.19. The molecule has 144 valence electrons. The van der Waals surface area contributed by atoms with Crippen LogP contribution >= 0.6 is 0 Å². The zero-order chi connectivity index (χ0) is 19.1. The smallest absolute Gasteiger partial charge is 0.387 e. The molecule has 0 aromatic heterocycles. The molecular formula is C18H23F2NO5. The van der Waals surface area contributed by atoms with Crippen molar-refractivity contribution in [1.82, 2.24) is 5.32 Å². The van der Waals surface area contributed by atoms with Gasteiger partial charge in [0.15, 0.2) is 11.5 Å². The zero-order valence-corrected chi connectivity index (χ0v) is 14.5. The van der Waals surface area contributed by atoms with Crippen molar-refractivity contribution in [3.8, 4) is 11.5 Å². The maximum absolute atomic E-state index is 12.4. The summed E-state index contributed by atoms with van der Waals surface area (Å²) in [5.74, 6) is -1.61. The van der Waals surface area contributed by atoms with E-state index in [9.17, 15) is 18.4 Å². The summed E-state index contributed by atoms with van der Waals surface area (Å²) in [7, 11) is 1.36. The van der Waals surface area contributed by atoms with Crippen molar-refractivity contribution in [3.63, 3.8) is 0 Å². The summed E-state index contributed by atoms with van der Waals surface area (Å²) in [4.78, 5) is 23.3. The van der Waals surface area contributed by atoms with Gasteiger partial charge in [-0.2, -0.15) is 8.78 Å². The largest absolute Gasteiger partial charge is 0.493 e. The highest BCUT2D eigenvalue weighted by Crippen LogP contribution is 2.30. The molecule has 1 saturated carbocycles. The molecule has 1 aromatic carbocycles. The maximum atomic E-state index is 12.4. The molecule has 2 N–H and O–H groups in total. The molecule has 2 unspecified atom stereocenters. The van der Waals surface area contributed by atoms with Crippen molar-refractivity contribution in [1.29, 1.82) is 0 Å². The van der Waals surface area contributed by atoms with Crippen LogP contribution in [0.2, 0.25) is 0 Å². The monoisotopic (exact) mass is 371 g/mol. The van der Waals surface area contributed by atoms with Crippen molar-refractivity contribution < 1.29 is 33.0 Å². The first-order chi connectivity index (χ1) is 12.4. The molecule has 0 saturated heterocycles. The van der Waals surface area contributed by atoms with E-state index in [0.29, 0.717) is 37.8 Å². The number of rotatable bonds is 8. The fraction of sp³-hybridized carbons (Fsp3) is 0.556. The number of aliphatic carboxylic acids is 1. The molecular weight excluding hydrogens is 348 g/mol. The van der Waals surface area contributed by atoms with Gasteiger partial charge in [0.1, 0.15) is 0 Å². The molecule has 1 aliphatic rings. The second-order valence-electron chi connectivity index (χ2n) is 6.30. The van der Waals surface area contributed by atoms with Gasteiger partial charge in [0.25, 0.3) is 0 Å². The molecule has 1 aliphatic carbocycles. The topological polar surface area (TPSA) is 84.9 Å². The van der Waals surface area contributed by atoms with E-state index in [0.717, 1.165) is 6.42 Å². The van der Waals surface area contributed by atoms with Crippen LogP contribution in [-0.2, 0) is 16.0 Å². The van der Waals surface area contributed by atoms with Gasteiger partial charge in [0.05, 0.1) is 13.0 Å². The third kappa shape index (κ3) is 5.57. The number of carboxylic acids is 1. The summed E-state index contributed by atoms with van der Waals surface area (Å²) >= 11 is 0. The quantitative estimate of drug-likeness (QED) is 0.734. The Labute approximate surface area is 150 Å². The predicted molar refractivity (Wildman–Crippen MR) is 89.4 cm³/mol. The van der Waals surface area contributed by atoms with Crippen LogP contribution in [0.5, 0.6) is 11.5 Å². The standard InChI is InChI=1S/C18H23F2NO5/c1-25-14-6-5-11(9-15(14)26-18(19)20)7-8-21-16(22)12-3-2-4-13(10-12)17(23)24/h5-6,9,12-13,18H,2-4,7-8,10H2,1H3,(H,21,22)(H,23,24). The third-order valence-electron chi connectivity index (χ3n) is 4.55. The van der Waals surface area contributed by atoms with Gasteiger partial charge in [0.2, 0.25) is 5.91 Å². The summed E-state index contributed by atoms with van der Waals surface area (Å²) in [5.41, 5.74) is 0.716. The first-order valence-electron chi connectivity index (χ1n) is 8.53. The van der Waals surface area contributed by atoms with Crippen LogP contribution in [0.4, 0.5) is 8.78 Å². The number of carbonyl (C=O) groups excluding carboxylic acids is 1. The minimum Gasteiger partial charge on any atom is -0.493 e. The molecule has 0 radical (unpaired) electrons. The molecule has 0 aliphatic heterocycles. The van der Waals surface area contributed by atoms with Crippen molar-refractivity contribution in [3.05, 3.63) is 23.8 Å². The number of hydrogen-bond donors (Lipinski definition) is 2. The third-order valence-corrected chi connectivity index (χ3v) is 4.55. The lowest BCUT2D eigenvalue weighted by Gasteiger charge is -2.25. The summed E-state index contributed by atoms with van der Waals surface area (Å²) < 4.78 is 34.3. The average molecular weight is 371 g/mol. The molecule has 0 spiro atoms. The number of amides is 1. The van der Waals surface area contributed by atoms with E-state index >= 15 is 0 Å². The summed E-state index contributed by atoms with van der Waals surface area (Å²) in [6.45, 7) is -2.62. The molecule has 2 rings (SSSR count). The van der Waals surface area contributed by atoms with Crippen LogP contribution in [-0.4, -0.2) is 37.2 Å². The first-order valence-corrected chi connectivity index (χ1v) is 8.53. The van der Waals surface area contributed by atoms with Crippen LogP contribution in [0.15, 0.2) is 18.2 Å². The van der Waals surface area contributed by atoms with Crippen LogP contribution < -0.4 is 14.8 Å². The molecule has 26 heavy (non-hydrogen) atoms. The predicted octanol–water partition coefficient (Wildman–Crippen LogP) is 2.85. The average Bonchev–Trinajstić information content (AvgIpc) is 2.61.